The fourth-order valence-electron chi connectivity index (χ4n) is 2.95. The topological polar surface area (TPSA) is 83.0 Å². The van der Waals surface area contributed by atoms with Crippen molar-refractivity contribution in [2.75, 3.05) is 11.9 Å². The molecule has 29 heavy (non-hydrogen) atoms. The van der Waals surface area contributed by atoms with Crippen molar-refractivity contribution < 1.29 is 13.9 Å². The average Bonchev–Trinajstić information content (AvgIpc) is 3.23. The monoisotopic (exact) mass is 394 g/mol. The molecule has 0 fully saturated rings. The molecule has 2 aromatic carbocycles. The maximum absolute atomic E-state index is 15.4. The molecular weight excluding hydrogens is 371 g/mol. The number of ether oxygens (including phenoxy) is 2. The van der Waals surface area contributed by atoms with Crippen molar-refractivity contribution >= 4 is 5.69 Å². The van der Waals surface area contributed by atoms with E-state index in [1.165, 1.54) is 0 Å². The molecule has 1 unspecified atom stereocenters. The fourth-order valence-corrected chi connectivity index (χ4v) is 2.95. The molecule has 1 atom stereocenters. The maximum Gasteiger partial charge on any atom is 0.171 e. The summed E-state index contributed by atoms with van der Waals surface area (Å²) in [5.41, 5.74) is 2.32. The minimum absolute atomic E-state index is 0.132. The Morgan fingerprint density at radius 1 is 1.21 bits per heavy atom. The highest BCUT2D eigenvalue weighted by Gasteiger charge is 2.24. The SMILES string of the molecule is CCOc1cc(OC(C)C)c(F)c(C(Nc2ccc(C#N)cc2)c2ccn[nH]2)c1. The first kappa shape index (κ1) is 20.2. The largest absolute Gasteiger partial charge is 0.494 e. The minimum atomic E-state index is -0.569. The molecule has 3 aromatic rings. The van der Waals surface area contributed by atoms with Crippen molar-refractivity contribution in [1.82, 2.24) is 10.2 Å². The van der Waals surface area contributed by atoms with Gasteiger partial charge in [0.05, 0.1) is 36.1 Å². The van der Waals surface area contributed by atoms with Crippen LogP contribution in [0.2, 0.25) is 0 Å². The van der Waals surface area contributed by atoms with Gasteiger partial charge in [0.2, 0.25) is 0 Å². The highest BCUT2D eigenvalue weighted by molar-refractivity contribution is 5.53. The number of aromatic amines is 1. The number of hydrogen-bond acceptors (Lipinski definition) is 5. The lowest BCUT2D eigenvalue weighted by molar-refractivity contribution is 0.228. The average molecular weight is 394 g/mol. The summed E-state index contributed by atoms with van der Waals surface area (Å²) in [6.45, 7) is 6.00. The first-order valence-electron chi connectivity index (χ1n) is 9.40. The van der Waals surface area contributed by atoms with Crippen LogP contribution < -0.4 is 14.8 Å². The zero-order valence-corrected chi connectivity index (χ0v) is 16.6. The Labute approximate surface area is 169 Å². The number of nitrogens with zero attached hydrogens (tertiary/aromatic N) is 2. The van der Waals surface area contributed by atoms with Gasteiger partial charge in [0.25, 0.3) is 0 Å². The van der Waals surface area contributed by atoms with E-state index in [0.717, 1.165) is 5.69 Å². The van der Waals surface area contributed by atoms with Gasteiger partial charge in [0.15, 0.2) is 11.6 Å². The van der Waals surface area contributed by atoms with E-state index in [1.807, 2.05) is 20.8 Å². The normalized spacial score (nSPS) is 11.7. The first-order valence-corrected chi connectivity index (χ1v) is 9.40. The van der Waals surface area contributed by atoms with Gasteiger partial charge in [-0.25, -0.2) is 4.39 Å². The van der Waals surface area contributed by atoms with E-state index in [4.69, 9.17) is 14.7 Å². The second-order valence-electron chi connectivity index (χ2n) is 6.70. The van der Waals surface area contributed by atoms with Crippen LogP contribution >= 0.6 is 0 Å². The van der Waals surface area contributed by atoms with Crippen LogP contribution in [0, 0.1) is 17.1 Å². The summed E-state index contributed by atoms with van der Waals surface area (Å²) < 4.78 is 26.7. The summed E-state index contributed by atoms with van der Waals surface area (Å²) in [7, 11) is 0. The minimum Gasteiger partial charge on any atom is -0.494 e. The van der Waals surface area contributed by atoms with E-state index >= 15 is 4.39 Å². The number of halogens is 1. The second-order valence-corrected chi connectivity index (χ2v) is 6.70. The van der Waals surface area contributed by atoms with Crippen LogP contribution in [-0.4, -0.2) is 22.9 Å². The third kappa shape index (κ3) is 4.85. The third-order valence-corrected chi connectivity index (χ3v) is 4.18. The van der Waals surface area contributed by atoms with Gasteiger partial charge in [-0.05, 0) is 57.2 Å². The zero-order valence-electron chi connectivity index (χ0n) is 16.6. The number of anilines is 1. The molecule has 0 saturated heterocycles. The van der Waals surface area contributed by atoms with Gasteiger partial charge in [-0.1, -0.05) is 0 Å². The smallest absolute Gasteiger partial charge is 0.171 e. The van der Waals surface area contributed by atoms with Gasteiger partial charge in [-0.3, -0.25) is 5.10 Å². The predicted octanol–water partition coefficient (Wildman–Crippen LogP) is 4.81. The van der Waals surface area contributed by atoms with E-state index in [1.54, 1.807) is 48.7 Å². The van der Waals surface area contributed by atoms with Gasteiger partial charge in [0, 0.05) is 23.5 Å². The maximum atomic E-state index is 15.4. The molecule has 0 radical (unpaired) electrons. The summed E-state index contributed by atoms with van der Waals surface area (Å²) in [6, 6.07) is 13.5. The third-order valence-electron chi connectivity index (χ3n) is 4.18. The molecule has 6 nitrogen and oxygen atoms in total. The highest BCUT2D eigenvalue weighted by Crippen LogP contribution is 2.35. The van der Waals surface area contributed by atoms with Gasteiger partial charge < -0.3 is 14.8 Å². The van der Waals surface area contributed by atoms with E-state index in [-0.39, 0.29) is 11.9 Å². The summed E-state index contributed by atoms with van der Waals surface area (Å²) in [5.74, 6) is 0.181. The molecule has 0 aliphatic rings. The van der Waals surface area contributed by atoms with E-state index < -0.39 is 11.9 Å². The summed E-state index contributed by atoms with van der Waals surface area (Å²) in [5, 5.41) is 19.2. The van der Waals surface area contributed by atoms with Crippen LogP contribution in [0.1, 0.15) is 43.6 Å². The first-order chi connectivity index (χ1) is 14.0. The molecule has 0 bridgehead atoms. The molecule has 0 spiro atoms. The van der Waals surface area contributed by atoms with Gasteiger partial charge in [-0.2, -0.15) is 10.4 Å². The Kier molecular flexibility index (Phi) is 6.35. The number of nitriles is 1. The summed E-state index contributed by atoms with van der Waals surface area (Å²) >= 11 is 0. The van der Waals surface area contributed by atoms with Crippen molar-refractivity contribution in [3.05, 3.63) is 71.3 Å². The van der Waals surface area contributed by atoms with Gasteiger partial charge >= 0.3 is 0 Å². The highest BCUT2D eigenvalue weighted by atomic mass is 19.1. The van der Waals surface area contributed by atoms with Gasteiger partial charge in [-0.15, -0.1) is 0 Å². The molecule has 150 valence electrons. The molecule has 7 heteroatoms. The van der Waals surface area contributed by atoms with Crippen LogP contribution in [0.3, 0.4) is 0 Å². The number of H-pyrrole nitrogens is 1. The Bertz CT molecular complexity index is 979. The summed E-state index contributed by atoms with van der Waals surface area (Å²) in [6.07, 6.45) is 1.42. The zero-order chi connectivity index (χ0) is 20.8. The molecule has 1 heterocycles. The van der Waals surface area contributed by atoms with E-state index in [9.17, 15) is 0 Å². The predicted molar refractivity (Wildman–Crippen MR) is 109 cm³/mol. The number of nitrogens with one attached hydrogen (secondary N) is 2. The molecular formula is C22H23FN4O2. The van der Waals surface area contributed by atoms with Crippen molar-refractivity contribution in [2.24, 2.45) is 0 Å². The van der Waals surface area contributed by atoms with Crippen LogP contribution in [0.5, 0.6) is 11.5 Å². The van der Waals surface area contributed by atoms with Crippen molar-refractivity contribution in [3.63, 3.8) is 0 Å². The molecule has 0 aliphatic heterocycles. The standard InChI is InChI=1S/C22H23FN4O2/c1-4-28-17-11-18(21(23)20(12-17)29-14(2)3)22(19-9-10-25-27-19)26-16-7-5-15(13-24)6-8-16/h5-12,14,22,26H,4H2,1-3H3,(H,25,27). The van der Waals surface area contributed by atoms with Crippen LogP contribution in [-0.2, 0) is 0 Å². The fraction of sp³-hybridized carbons (Fsp3) is 0.273. The van der Waals surface area contributed by atoms with Gasteiger partial charge in [0.1, 0.15) is 5.75 Å². The number of benzene rings is 2. The molecule has 0 aliphatic carbocycles. The number of hydrogen-bond donors (Lipinski definition) is 2. The van der Waals surface area contributed by atoms with Crippen molar-refractivity contribution in [3.8, 4) is 17.6 Å². The van der Waals surface area contributed by atoms with Crippen LogP contribution in [0.4, 0.5) is 10.1 Å². The van der Waals surface area contributed by atoms with Crippen LogP contribution in [0.15, 0.2) is 48.7 Å². The quantitative estimate of drug-likeness (QED) is 0.573. The lowest BCUT2D eigenvalue weighted by Crippen LogP contribution is -2.16. The molecule has 2 N–H and O–H groups in total. The molecule has 1 aromatic heterocycles. The number of rotatable bonds is 8. The molecule has 0 saturated carbocycles. The lowest BCUT2D eigenvalue weighted by Gasteiger charge is -2.22. The Balaban J connectivity index is 2.07. The Morgan fingerprint density at radius 2 is 1.97 bits per heavy atom. The van der Waals surface area contributed by atoms with Crippen LogP contribution in [0.25, 0.3) is 0 Å². The Morgan fingerprint density at radius 3 is 2.55 bits per heavy atom. The molecule has 3 rings (SSSR count). The lowest BCUT2D eigenvalue weighted by atomic mass is 10.0. The van der Waals surface area contributed by atoms with E-state index in [0.29, 0.717) is 29.2 Å². The Hall–Kier alpha value is -3.53. The summed E-state index contributed by atoms with van der Waals surface area (Å²) in [4.78, 5) is 0. The second kappa shape index (κ2) is 9.11. The van der Waals surface area contributed by atoms with Crippen molar-refractivity contribution in [1.29, 1.82) is 5.26 Å². The van der Waals surface area contributed by atoms with E-state index in [2.05, 4.69) is 21.6 Å². The molecule has 0 amide bonds. The van der Waals surface area contributed by atoms with Crippen molar-refractivity contribution in [2.45, 2.75) is 32.9 Å². The number of aromatic nitrogens is 2.